The molecule has 6 heteroatoms. The van der Waals surface area contributed by atoms with Gasteiger partial charge < -0.3 is 14.4 Å². The molecule has 1 amide bonds. The van der Waals surface area contributed by atoms with E-state index in [2.05, 4.69) is 0 Å². The van der Waals surface area contributed by atoms with Gasteiger partial charge in [-0.25, -0.2) is 4.39 Å². The zero-order chi connectivity index (χ0) is 16.2. The van der Waals surface area contributed by atoms with Gasteiger partial charge in [0.1, 0.15) is 5.88 Å². The van der Waals surface area contributed by atoms with Crippen LogP contribution < -0.4 is 4.74 Å². The molecule has 2 fully saturated rings. The van der Waals surface area contributed by atoms with E-state index >= 15 is 0 Å². The maximum absolute atomic E-state index is 14.6. The zero-order valence-corrected chi connectivity index (χ0v) is 13.7. The topological polar surface area (TPSA) is 38.8 Å². The van der Waals surface area contributed by atoms with E-state index in [-0.39, 0.29) is 42.0 Å². The Labute approximate surface area is 140 Å². The molecule has 0 aromatic heterocycles. The van der Waals surface area contributed by atoms with Crippen LogP contribution in [-0.2, 0) is 16.1 Å². The van der Waals surface area contributed by atoms with Crippen molar-refractivity contribution >= 4 is 17.5 Å². The Balaban J connectivity index is 1.77. The van der Waals surface area contributed by atoms with Gasteiger partial charge >= 0.3 is 0 Å². The normalized spacial score (nSPS) is 21.0. The number of halogens is 2. The Morgan fingerprint density at radius 1 is 1.39 bits per heavy atom. The van der Waals surface area contributed by atoms with E-state index in [0.29, 0.717) is 18.8 Å². The molecule has 1 heterocycles. The molecule has 4 nitrogen and oxygen atoms in total. The van der Waals surface area contributed by atoms with E-state index in [1.54, 1.807) is 23.1 Å². The number of benzene rings is 1. The summed E-state index contributed by atoms with van der Waals surface area (Å²) in [4.78, 5) is 13.8. The fourth-order valence-corrected chi connectivity index (χ4v) is 2.94. The minimum Gasteiger partial charge on any atom is -0.487 e. The van der Waals surface area contributed by atoms with Gasteiger partial charge in [0.15, 0.2) is 11.6 Å². The molecular formula is C17H21ClFNO3. The van der Waals surface area contributed by atoms with Gasteiger partial charge in [-0.05, 0) is 31.7 Å². The lowest BCUT2D eigenvalue weighted by atomic mass is 10.1. The van der Waals surface area contributed by atoms with Crippen LogP contribution >= 0.6 is 11.6 Å². The molecule has 126 valence electrons. The van der Waals surface area contributed by atoms with Crippen LogP contribution in [0.4, 0.5) is 4.39 Å². The zero-order valence-electron chi connectivity index (χ0n) is 13.0. The molecule has 2 aliphatic rings. The quantitative estimate of drug-likeness (QED) is 0.746. The molecule has 1 saturated carbocycles. The lowest BCUT2D eigenvalue weighted by molar-refractivity contribution is -0.134. The van der Waals surface area contributed by atoms with Crippen LogP contribution in [0.1, 0.15) is 31.2 Å². The van der Waals surface area contributed by atoms with E-state index in [1.807, 2.05) is 0 Å². The van der Waals surface area contributed by atoms with Gasteiger partial charge in [0.2, 0.25) is 5.91 Å². The Kier molecular flexibility index (Phi) is 5.38. The van der Waals surface area contributed by atoms with Crippen molar-refractivity contribution in [3.63, 3.8) is 0 Å². The van der Waals surface area contributed by atoms with Gasteiger partial charge in [0, 0.05) is 18.7 Å². The second-order valence-corrected chi connectivity index (χ2v) is 6.34. The van der Waals surface area contributed by atoms with Crippen LogP contribution in [0.25, 0.3) is 0 Å². The summed E-state index contributed by atoms with van der Waals surface area (Å²) in [7, 11) is 0. The molecule has 1 aromatic rings. The average molecular weight is 342 g/mol. The molecule has 1 saturated heterocycles. The highest BCUT2D eigenvalue weighted by Gasteiger charge is 2.28. The summed E-state index contributed by atoms with van der Waals surface area (Å²) in [6, 6.07) is 5.03. The van der Waals surface area contributed by atoms with Gasteiger partial charge in [0.05, 0.1) is 18.8 Å². The molecule has 1 aromatic carbocycles. The number of rotatable bonds is 6. The molecule has 0 radical (unpaired) electrons. The first-order valence-electron chi connectivity index (χ1n) is 8.06. The van der Waals surface area contributed by atoms with Crippen molar-refractivity contribution in [2.75, 3.05) is 19.1 Å². The number of nitrogens with zero attached hydrogens (tertiary/aromatic N) is 1. The first kappa shape index (κ1) is 16.5. The Bertz CT molecular complexity index is 559. The summed E-state index contributed by atoms with van der Waals surface area (Å²) in [5.74, 6) is -0.433. The van der Waals surface area contributed by atoms with E-state index < -0.39 is 0 Å². The highest BCUT2D eigenvalue weighted by Crippen LogP contribution is 2.30. The molecule has 3 rings (SSSR count). The van der Waals surface area contributed by atoms with Crippen molar-refractivity contribution in [1.29, 1.82) is 0 Å². The molecule has 1 aliphatic heterocycles. The summed E-state index contributed by atoms with van der Waals surface area (Å²) >= 11 is 5.73. The third-order valence-corrected chi connectivity index (χ3v) is 4.44. The van der Waals surface area contributed by atoms with Crippen molar-refractivity contribution in [2.24, 2.45) is 0 Å². The maximum Gasteiger partial charge on any atom is 0.238 e. The van der Waals surface area contributed by atoms with Gasteiger partial charge in [-0.3, -0.25) is 4.79 Å². The van der Waals surface area contributed by atoms with Crippen molar-refractivity contribution < 1.29 is 18.7 Å². The van der Waals surface area contributed by atoms with Crippen LogP contribution in [0.3, 0.4) is 0 Å². The fourth-order valence-electron chi connectivity index (χ4n) is 2.79. The second-order valence-electron chi connectivity index (χ2n) is 6.07. The molecule has 0 bridgehead atoms. The third kappa shape index (κ3) is 4.15. The van der Waals surface area contributed by atoms with Crippen LogP contribution in [0.15, 0.2) is 18.2 Å². The predicted molar refractivity (Wildman–Crippen MR) is 85.2 cm³/mol. The van der Waals surface area contributed by atoms with Crippen molar-refractivity contribution in [1.82, 2.24) is 4.90 Å². The van der Waals surface area contributed by atoms with E-state index in [0.717, 1.165) is 25.7 Å². The number of carbonyl (C=O) groups is 1. The van der Waals surface area contributed by atoms with Crippen LogP contribution in [0.5, 0.6) is 5.75 Å². The van der Waals surface area contributed by atoms with E-state index in [9.17, 15) is 9.18 Å². The summed E-state index contributed by atoms with van der Waals surface area (Å²) in [5.41, 5.74) is 0.451. The average Bonchev–Trinajstić information content (AvgIpc) is 3.40. The van der Waals surface area contributed by atoms with Crippen molar-refractivity contribution in [3.8, 4) is 5.75 Å². The minimum atomic E-state index is -0.386. The Morgan fingerprint density at radius 2 is 2.22 bits per heavy atom. The van der Waals surface area contributed by atoms with Crippen molar-refractivity contribution in [3.05, 3.63) is 29.6 Å². The van der Waals surface area contributed by atoms with Gasteiger partial charge in [-0.1, -0.05) is 12.1 Å². The molecular weight excluding hydrogens is 321 g/mol. The summed E-state index contributed by atoms with van der Waals surface area (Å²) < 4.78 is 25.7. The monoisotopic (exact) mass is 341 g/mol. The highest BCUT2D eigenvalue weighted by molar-refractivity contribution is 6.27. The Hall–Kier alpha value is -1.33. The summed E-state index contributed by atoms with van der Waals surface area (Å²) in [6.07, 6.45) is 3.82. The summed E-state index contributed by atoms with van der Waals surface area (Å²) in [6.45, 7) is 1.37. The lowest BCUT2D eigenvalue weighted by Crippen LogP contribution is -2.45. The Morgan fingerprint density at radius 3 is 2.87 bits per heavy atom. The smallest absolute Gasteiger partial charge is 0.238 e. The van der Waals surface area contributed by atoms with E-state index in [4.69, 9.17) is 21.1 Å². The largest absolute Gasteiger partial charge is 0.487 e. The van der Waals surface area contributed by atoms with Gasteiger partial charge in [0.25, 0.3) is 0 Å². The lowest BCUT2D eigenvalue weighted by Gasteiger charge is -2.34. The number of ether oxygens (including phenoxy) is 2. The molecule has 0 N–H and O–H groups in total. The number of hydrogen-bond donors (Lipinski definition) is 0. The van der Waals surface area contributed by atoms with Crippen LogP contribution in [0, 0.1) is 5.82 Å². The third-order valence-electron chi connectivity index (χ3n) is 4.21. The first-order valence-corrected chi connectivity index (χ1v) is 8.59. The second kappa shape index (κ2) is 7.49. The van der Waals surface area contributed by atoms with E-state index in [1.165, 1.54) is 0 Å². The molecule has 0 unspecified atom stereocenters. The summed E-state index contributed by atoms with van der Waals surface area (Å²) in [5, 5.41) is 0. The minimum absolute atomic E-state index is 0.0533. The van der Waals surface area contributed by atoms with Crippen LogP contribution in [0.2, 0.25) is 0 Å². The van der Waals surface area contributed by atoms with Crippen molar-refractivity contribution in [2.45, 2.75) is 44.4 Å². The predicted octanol–water partition coefficient (Wildman–Crippen LogP) is 3.11. The van der Waals surface area contributed by atoms with Gasteiger partial charge in [-0.2, -0.15) is 0 Å². The molecule has 1 aliphatic carbocycles. The first-order chi connectivity index (χ1) is 11.2. The SMILES string of the molecule is O=C(CCl)N(Cc1cccc(OC2CC2)c1F)[C@H]1CCCOC1. The number of hydrogen-bond acceptors (Lipinski definition) is 3. The molecule has 23 heavy (non-hydrogen) atoms. The highest BCUT2D eigenvalue weighted by atomic mass is 35.5. The number of amides is 1. The number of alkyl halides is 1. The molecule has 0 spiro atoms. The standard InChI is InChI=1S/C17H21ClFNO3/c18-9-16(21)20(13-4-2-8-22-11-13)10-12-3-1-5-15(17(12)19)23-14-6-7-14/h1,3,5,13-14H,2,4,6-11H2/t13-/m0/s1. The van der Waals surface area contributed by atoms with Gasteiger partial charge in [-0.15, -0.1) is 11.6 Å². The van der Waals surface area contributed by atoms with Crippen LogP contribution in [-0.4, -0.2) is 42.0 Å². The fraction of sp³-hybridized carbons (Fsp3) is 0.588. The number of carbonyl (C=O) groups excluding carboxylic acids is 1. The maximum atomic E-state index is 14.6. The molecule has 1 atom stereocenters.